The van der Waals surface area contributed by atoms with Crippen molar-refractivity contribution in [3.8, 4) is 0 Å². The van der Waals surface area contributed by atoms with Gasteiger partial charge in [-0.3, -0.25) is 14.6 Å². The molecular formula is C19H28N4O4. The zero-order valence-electron chi connectivity index (χ0n) is 16.2. The molecule has 1 N–H and O–H groups in total. The number of piperazine rings is 1. The summed E-state index contributed by atoms with van der Waals surface area (Å²) in [4.78, 5) is 43.5. The number of amides is 3. The zero-order chi connectivity index (χ0) is 19.9. The zero-order valence-corrected chi connectivity index (χ0v) is 16.2. The summed E-state index contributed by atoms with van der Waals surface area (Å²) in [6, 6.07) is 3.66. The summed E-state index contributed by atoms with van der Waals surface area (Å²) in [6.45, 7) is 7.68. The van der Waals surface area contributed by atoms with Gasteiger partial charge in [-0.2, -0.15) is 0 Å². The van der Waals surface area contributed by atoms with E-state index in [0.29, 0.717) is 32.7 Å². The van der Waals surface area contributed by atoms with Crippen molar-refractivity contribution in [2.24, 2.45) is 0 Å². The predicted octanol–water partition coefficient (Wildman–Crippen LogP) is 1.56. The van der Waals surface area contributed by atoms with Crippen molar-refractivity contribution < 1.29 is 19.1 Å². The van der Waals surface area contributed by atoms with Gasteiger partial charge in [0.1, 0.15) is 5.60 Å². The van der Waals surface area contributed by atoms with Crippen molar-refractivity contribution >= 4 is 17.9 Å². The lowest BCUT2D eigenvalue weighted by Crippen LogP contribution is -2.51. The Morgan fingerprint density at radius 1 is 1.04 bits per heavy atom. The highest BCUT2D eigenvalue weighted by atomic mass is 16.6. The number of aromatic nitrogens is 1. The first-order valence-electron chi connectivity index (χ1n) is 9.16. The van der Waals surface area contributed by atoms with E-state index in [2.05, 4.69) is 10.3 Å². The number of hydrogen-bond donors (Lipinski definition) is 1. The Morgan fingerprint density at radius 3 is 2.22 bits per heavy atom. The van der Waals surface area contributed by atoms with E-state index in [1.165, 1.54) is 0 Å². The minimum absolute atomic E-state index is 0.0714. The Labute approximate surface area is 159 Å². The summed E-state index contributed by atoms with van der Waals surface area (Å²) in [5.41, 5.74) is 0.427. The van der Waals surface area contributed by atoms with Crippen LogP contribution in [0.3, 0.4) is 0 Å². The van der Waals surface area contributed by atoms with Crippen LogP contribution in [0.2, 0.25) is 0 Å². The van der Waals surface area contributed by atoms with E-state index in [-0.39, 0.29) is 30.7 Å². The van der Waals surface area contributed by atoms with E-state index in [4.69, 9.17) is 4.74 Å². The lowest BCUT2D eigenvalue weighted by molar-refractivity contribution is -0.135. The maximum atomic E-state index is 12.3. The van der Waals surface area contributed by atoms with Crippen molar-refractivity contribution in [1.29, 1.82) is 0 Å². The third kappa shape index (κ3) is 7.24. The minimum Gasteiger partial charge on any atom is -0.444 e. The van der Waals surface area contributed by atoms with Gasteiger partial charge in [0, 0.05) is 58.0 Å². The molecule has 148 valence electrons. The van der Waals surface area contributed by atoms with Crippen LogP contribution in [-0.4, -0.2) is 64.5 Å². The number of pyridine rings is 1. The molecule has 1 aliphatic heterocycles. The van der Waals surface area contributed by atoms with Crippen molar-refractivity contribution in [2.45, 2.75) is 45.8 Å². The standard InChI is InChI=1S/C19H28N4O4/c1-19(2,3)27-18(26)23-12-10-22(11-13-23)17(25)5-4-16(24)21-14-15-6-8-20-9-7-15/h6-9H,4-5,10-14H2,1-3H3,(H,21,24). The van der Waals surface area contributed by atoms with E-state index in [9.17, 15) is 14.4 Å². The molecule has 0 radical (unpaired) electrons. The third-order valence-electron chi connectivity index (χ3n) is 4.09. The summed E-state index contributed by atoms with van der Waals surface area (Å²) in [7, 11) is 0. The number of carbonyl (C=O) groups is 3. The normalized spacial score (nSPS) is 14.6. The van der Waals surface area contributed by atoms with Gasteiger partial charge >= 0.3 is 6.09 Å². The van der Waals surface area contributed by atoms with Crippen molar-refractivity contribution in [3.63, 3.8) is 0 Å². The number of hydrogen-bond acceptors (Lipinski definition) is 5. The van der Waals surface area contributed by atoms with Crippen LogP contribution in [-0.2, 0) is 20.9 Å². The first kappa shape index (κ1) is 20.7. The molecule has 0 saturated carbocycles. The highest BCUT2D eigenvalue weighted by Gasteiger charge is 2.27. The predicted molar refractivity (Wildman–Crippen MR) is 99.7 cm³/mol. The molecule has 1 aromatic rings. The van der Waals surface area contributed by atoms with E-state index in [0.717, 1.165) is 5.56 Å². The van der Waals surface area contributed by atoms with Gasteiger partial charge in [0.2, 0.25) is 11.8 Å². The SMILES string of the molecule is CC(C)(C)OC(=O)N1CCN(C(=O)CCC(=O)NCc2ccncc2)CC1. The summed E-state index contributed by atoms with van der Waals surface area (Å²) >= 11 is 0. The van der Waals surface area contributed by atoms with Crippen LogP contribution in [0.5, 0.6) is 0 Å². The molecule has 1 aromatic heterocycles. The quantitative estimate of drug-likeness (QED) is 0.842. The summed E-state index contributed by atoms with van der Waals surface area (Å²) in [6.07, 6.45) is 3.29. The molecule has 0 aliphatic carbocycles. The number of ether oxygens (including phenoxy) is 1. The van der Waals surface area contributed by atoms with Crippen molar-refractivity contribution in [3.05, 3.63) is 30.1 Å². The number of nitrogens with zero attached hydrogens (tertiary/aromatic N) is 3. The second-order valence-electron chi connectivity index (χ2n) is 7.48. The van der Waals surface area contributed by atoms with Crippen LogP contribution in [0, 0.1) is 0 Å². The minimum atomic E-state index is -0.534. The van der Waals surface area contributed by atoms with E-state index < -0.39 is 5.60 Å². The molecule has 2 heterocycles. The molecule has 1 fully saturated rings. The fourth-order valence-corrected chi connectivity index (χ4v) is 2.63. The molecule has 0 bridgehead atoms. The first-order chi connectivity index (χ1) is 12.7. The summed E-state index contributed by atoms with van der Waals surface area (Å²) in [5, 5.41) is 2.79. The van der Waals surface area contributed by atoms with E-state index >= 15 is 0 Å². The van der Waals surface area contributed by atoms with Crippen LogP contribution < -0.4 is 5.32 Å². The molecule has 1 aliphatic rings. The average molecular weight is 376 g/mol. The highest BCUT2D eigenvalue weighted by molar-refractivity contribution is 5.84. The van der Waals surface area contributed by atoms with Crippen LogP contribution in [0.4, 0.5) is 4.79 Å². The van der Waals surface area contributed by atoms with Gasteiger partial charge in [0.15, 0.2) is 0 Å². The van der Waals surface area contributed by atoms with Crippen LogP contribution in [0.15, 0.2) is 24.5 Å². The van der Waals surface area contributed by atoms with Crippen LogP contribution in [0.25, 0.3) is 0 Å². The van der Waals surface area contributed by atoms with Gasteiger partial charge in [0.05, 0.1) is 0 Å². The molecule has 2 rings (SSSR count). The largest absolute Gasteiger partial charge is 0.444 e. The molecule has 0 atom stereocenters. The molecule has 0 spiro atoms. The summed E-state index contributed by atoms with van der Waals surface area (Å²) in [5.74, 6) is -0.231. The fraction of sp³-hybridized carbons (Fsp3) is 0.579. The Morgan fingerprint density at radius 2 is 1.63 bits per heavy atom. The van der Waals surface area contributed by atoms with Crippen LogP contribution in [0.1, 0.15) is 39.2 Å². The second kappa shape index (κ2) is 9.34. The molecule has 0 aromatic carbocycles. The van der Waals surface area contributed by atoms with Gasteiger partial charge in [-0.15, -0.1) is 0 Å². The van der Waals surface area contributed by atoms with Gasteiger partial charge in [-0.25, -0.2) is 4.79 Å². The average Bonchev–Trinajstić information content (AvgIpc) is 2.64. The molecule has 0 unspecified atom stereocenters. The highest BCUT2D eigenvalue weighted by Crippen LogP contribution is 2.12. The number of nitrogens with one attached hydrogen (secondary N) is 1. The van der Waals surface area contributed by atoms with Crippen LogP contribution >= 0.6 is 0 Å². The van der Waals surface area contributed by atoms with Crippen molar-refractivity contribution in [1.82, 2.24) is 20.1 Å². The molecule has 3 amide bonds. The van der Waals surface area contributed by atoms with Gasteiger partial charge in [0.25, 0.3) is 0 Å². The smallest absolute Gasteiger partial charge is 0.410 e. The Hall–Kier alpha value is -2.64. The van der Waals surface area contributed by atoms with Crippen molar-refractivity contribution in [2.75, 3.05) is 26.2 Å². The van der Waals surface area contributed by atoms with E-state index in [1.807, 2.05) is 32.9 Å². The monoisotopic (exact) mass is 376 g/mol. The van der Waals surface area contributed by atoms with Gasteiger partial charge < -0.3 is 19.9 Å². The van der Waals surface area contributed by atoms with Gasteiger partial charge in [-0.1, -0.05) is 0 Å². The fourth-order valence-electron chi connectivity index (χ4n) is 2.63. The molecular weight excluding hydrogens is 348 g/mol. The maximum absolute atomic E-state index is 12.3. The maximum Gasteiger partial charge on any atom is 0.410 e. The Balaban J connectivity index is 1.67. The Bertz CT molecular complexity index is 649. The van der Waals surface area contributed by atoms with E-state index in [1.54, 1.807) is 22.2 Å². The number of carbonyl (C=O) groups excluding carboxylic acids is 3. The first-order valence-corrected chi connectivity index (χ1v) is 9.16. The molecule has 1 saturated heterocycles. The Kier molecular flexibility index (Phi) is 7.15. The molecule has 8 nitrogen and oxygen atoms in total. The lowest BCUT2D eigenvalue weighted by Gasteiger charge is -2.35. The lowest BCUT2D eigenvalue weighted by atomic mass is 10.2. The topological polar surface area (TPSA) is 91.8 Å². The third-order valence-corrected chi connectivity index (χ3v) is 4.09. The molecule has 27 heavy (non-hydrogen) atoms. The summed E-state index contributed by atoms with van der Waals surface area (Å²) < 4.78 is 5.34. The second-order valence-corrected chi connectivity index (χ2v) is 7.48. The van der Waals surface area contributed by atoms with Gasteiger partial charge in [-0.05, 0) is 38.5 Å². The molecule has 8 heteroatoms. The number of rotatable bonds is 5.